The van der Waals surface area contributed by atoms with Crippen LogP contribution >= 0.6 is 23.4 Å². The molecule has 1 N–H and O–H groups in total. The number of rotatable bonds is 5. The number of halogens is 1. The number of hydrogen-bond donors (Lipinski definition) is 1. The first-order chi connectivity index (χ1) is 9.15. The normalized spacial score (nSPS) is 10.4. The van der Waals surface area contributed by atoms with Crippen molar-refractivity contribution in [1.29, 1.82) is 0 Å². The predicted molar refractivity (Wildman–Crippen MR) is 75.0 cm³/mol. The van der Waals surface area contributed by atoms with Gasteiger partial charge in [0.25, 0.3) is 0 Å². The molecule has 1 aromatic carbocycles. The summed E-state index contributed by atoms with van der Waals surface area (Å²) in [5.41, 5.74) is 0.976. The maximum atomic E-state index is 11.7. The fourth-order valence-corrected chi connectivity index (χ4v) is 2.36. The Kier molecular flexibility index (Phi) is 4.81. The van der Waals surface area contributed by atoms with Crippen LogP contribution in [-0.4, -0.2) is 26.4 Å². The number of benzene rings is 1. The Labute approximate surface area is 120 Å². The first-order valence-corrected chi connectivity index (χ1v) is 6.99. The molecule has 0 atom stereocenters. The summed E-state index contributed by atoms with van der Waals surface area (Å²) in [7, 11) is 1.84. The number of hydrogen-bond acceptors (Lipinski definition) is 4. The predicted octanol–water partition coefficient (Wildman–Crippen LogP) is 1.88. The minimum absolute atomic E-state index is 0.0482. The molecule has 7 heteroatoms. The molecule has 19 heavy (non-hydrogen) atoms. The van der Waals surface area contributed by atoms with Crippen LogP contribution in [-0.2, 0) is 18.4 Å². The first-order valence-electron chi connectivity index (χ1n) is 5.63. The molecule has 0 saturated heterocycles. The van der Waals surface area contributed by atoms with Crippen LogP contribution in [0.25, 0.3) is 0 Å². The van der Waals surface area contributed by atoms with Crippen molar-refractivity contribution in [2.75, 3.05) is 5.75 Å². The van der Waals surface area contributed by atoms with Gasteiger partial charge in [-0.3, -0.25) is 4.79 Å². The van der Waals surface area contributed by atoms with Gasteiger partial charge in [0.05, 0.1) is 5.75 Å². The molecule has 2 rings (SSSR count). The number of aryl methyl sites for hydroxylation is 1. The molecule has 0 aliphatic rings. The van der Waals surface area contributed by atoms with Gasteiger partial charge in [-0.25, -0.2) is 0 Å². The molecule has 2 aromatic rings. The van der Waals surface area contributed by atoms with Crippen molar-refractivity contribution in [3.8, 4) is 0 Å². The lowest BCUT2D eigenvalue weighted by molar-refractivity contribution is -0.118. The smallest absolute Gasteiger partial charge is 0.230 e. The van der Waals surface area contributed by atoms with Crippen LogP contribution in [0.1, 0.15) is 5.56 Å². The van der Waals surface area contributed by atoms with E-state index < -0.39 is 0 Å². The molecule has 0 radical (unpaired) electrons. The van der Waals surface area contributed by atoms with Crippen molar-refractivity contribution in [3.05, 3.63) is 41.2 Å². The highest BCUT2D eigenvalue weighted by Crippen LogP contribution is 2.13. The molecular weight excluding hydrogens is 284 g/mol. The number of carbonyl (C=O) groups excluding carboxylic acids is 1. The standard InChI is InChI=1S/C12H13ClN4OS/c1-17-8-15-16-12(17)19-7-11(18)14-6-9-3-2-4-10(13)5-9/h2-5,8H,6-7H2,1H3,(H,14,18). The SMILES string of the molecule is Cn1cnnc1SCC(=O)NCc1cccc(Cl)c1. The molecular formula is C12H13ClN4OS. The van der Waals surface area contributed by atoms with E-state index in [1.54, 1.807) is 17.0 Å². The summed E-state index contributed by atoms with van der Waals surface area (Å²) in [4.78, 5) is 11.7. The molecule has 0 unspecified atom stereocenters. The van der Waals surface area contributed by atoms with E-state index >= 15 is 0 Å². The Hall–Kier alpha value is -1.53. The van der Waals surface area contributed by atoms with Gasteiger partial charge >= 0.3 is 0 Å². The zero-order valence-electron chi connectivity index (χ0n) is 10.3. The van der Waals surface area contributed by atoms with Crippen molar-refractivity contribution in [3.63, 3.8) is 0 Å². The third-order valence-corrected chi connectivity index (χ3v) is 3.65. The van der Waals surface area contributed by atoms with Gasteiger partial charge in [0, 0.05) is 18.6 Å². The molecule has 0 aliphatic carbocycles. The fraction of sp³-hybridized carbons (Fsp3) is 0.250. The van der Waals surface area contributed by atoms with E-state index in [9.17, 15) is 4.79 Å². The molecule has 100 valence electrons. The van der Waals surface area contributed by atoms with Crippen LogP contribution in [0.4, 0.5) is 0 Å². The number of nitrogens with zero attached hydrogens (tertiary/aromatic N) is 3. The van der Waals surface area contributed by atoms with Crippen LogP contribution < -0.4 is 5.32 Å². The summed E-state index contributed by atoms with van der Waals surface area (Å²) in [6.07, 6.45) is 1.60. The molecule has 0 saturated carbocycles. The Morgan fingerprint density at radius 3 is 3.05 bits per heavy atom. The van der Waals surface area contributed by atoms with E-state index in [1.807, 2.05) is 25.2 Å². The van der Waals surface area contributed by atoms with E-state index in [2.05, 4.69) is 15.5 Å². The minimum atomic E-state index is -0.0482. The summed E-state index contributed by atoms with van der Waals surface area (Å²) in [6.45, 7) is 0.471. The van der Waals surface area contributed by atoms with Gasteiger partial charge in [0.2, 0.25) is 5.91 Å². The van der Waals surface area contributed by atoms with Gasteiger partial charge in [-0.2, -0.15) is 0 Å². The second-order valence-electron chi connectivity index (χ2n) is 3.92. The van der Waals surface area contributed by atoms with E-state index in [-0.39, 0.29) is 5.91 Å². The van der Waals surface area contributed by atoms with Crippen molar-refractivity contribution in [1.82, 2.24) is 20.1 Å². The zero-order chi connectivity index (χ0) is 13.7. The van der Waals surface area contributed by atoms with Crippen LogP contribution in [0, 0.1) is 0 Å². The van der Waals surface area contributed by atoms with Gasteiger partial charge in [-0.05, 0) is 17.7 Å². The fourth-order valence-electron chi connectivity index (χ4n) is 1.43. The van der Waals surface area contributed by atoms with Crippen LogP contribution in [0.3, 0.4) is 0 Å². The highest BCUT2D eigenvalue weighted by Gasteiger charge is 2.06. The highest BCUT2D eigenvalue weighted by molar-refractivity contribution is 7.99. The Morgan fingerprint density at radius 2 is 2.37 bits per heavy atom. The third kappa shape index (κ3) is 4.25. The monoisotopic (exact) mass is 296 g/mol. The zero-order valence-corrected chi connectivity index (χ0v) is 11.9. The number of carbonyl (C=O) groups is 1. The third-order valence-electron chi connectivity index (χ3n) is 2.38. The second-order valence-corrected chi connectivity index (χ2v) is 5.30. The van der Waals surface area contributed by atoms with E-state index in [0.717, 1.165) is 10.7 Å². The molecule has 5 nitrogen and oxygen atoms in total. The summed E-state index contributed by atoms with van der Waals surface area (Å²) >= 11 is 7.22. The summed E-state index contributed by atoms with van der Waals surface area (Å²) in [5.74, 6) is 0.264. The molecule has 0 spiro atoms. The van der Waals surface area contributed by atoms with Gasteiger partial charge in [0.15, 0.2) is 5.16 Å². The van der Waals surface area contributed by atoms with Gasteiger partial charge in [0.1, 0.15) is 6.33 Å². The largest absolute Gasteiger partial charge is 0.351 e. The Balaban J connectivity index is 1.77. The number of amides is 1. The summed E-state index contributed by atoms with van der Waals surface area (Å²) in [6, 6.07) is 7.41. The number of aromatic nitrogens is 3. The Morgan fingerprint density at radius 1 is 1.53 bits per heavy atom. The second kappa shape index (κ2) is 6.58. The maximum Gasteiger partial charge on any atom is 0.230 e. The summed E-state index contributed by atoms with van der Waals surface area (Å²) in [5, 5.41) is 11.9. The van der Waals surface area contributed by atoms with Crippen molar-refractivity contribution in [2.45, 2.75) is 11.7 Å². The average molecular weight is 297 g/mol. The van der Waals surface area contributed by atoms with Crippen molar-refractivity contribution in [2.24, 2.45) is 7.05 Å². The van der Waals surface area contributed by atoms with Crippen molar-refractivity contribution < 1.29 is 4.79 Å². The molecule has 1 aromatic heterocycles. The van der Waals surface area contributed by atoms with E-state index in [4.69, 9.17) is 11.6 Å². The van der Waals surface area contributed by atoms with E-state index in [0.29, 0.717) is 17.3 Å². The van der Waals surface area contributed by atoms with Crippen LogP contribution in [0.2, 0.25) is 5.02 Å². The van der Waals surface area contributed by atoms with Crippen molar-refractivity contribution >= 4 is 29.3 Å². The average Bonchev–Trinajstić information content (AvgIpc) is 2.80. The molecule has 0 bridgehead atoms. The van der Waals surface area contributed by atoms with Gasteiger partial charge in [-0.15, -0.1) is 10.2 Å². The quantitative estimate of drug-likeness (QED) is 0.856. The van der Waals surface area contributed by atoms with E-state index in [1.165, 1.54) is 11.8 Å². The summed E-state index contributed by atoms with van der Waals surface area (Å²) < 4.78 is 1.77. The number of thioether (sulfide) groups is 1. The molecule has 1 amide bonds. The lowest BCUT2D eigenvalue weighted by atomic mass is 10.2. The maximum absolute atomic E-state index is 11.7. The molecule has 1 heterocycles. The highest BCUT2D eigenvalue weighted by atomic mass is 35.5. The van der Waals surface area contributed by atoms with Crippen LogP contribution in [0.15, 0.2) is 35.7 Å². The minimum Gasteiger partial charge on any atom is -0.351 e. The first kappa shape index (κ1) is 13.9. The lowest BCUT2D eigenvalue weighted by Crippen LogP contribution is -2.24. The molecule has 0 aliphatic heterocycles. The van der Waals surface area contributed by atoms with Gasteiger partial charge in [-0.1, -0.05) is 35.5 Å². The topological polar surface area (TPSA) is 59.8 Å². The van der Waals surface area contributed by atoms with Crippen LogP contribution in [0.5, 0.6) is 0 Å². The number of nitrogens with one attached hydrogen (secondary N) is 1. The van der Waals surface area contributed by atoms with Gasteiger partial charge < -0.3 is 9.88 Å². The Bertz CT molecular complexity index is 572. The molecule has 0 fully saturated rings. The lowest BCUT2D eigenvalue weighted by Gasteiger charge is -2.05.